The summed E-state index contributed by atoms with van der Waals surface area (Å²) in [4.78, 5) is 36.8. The number of nitrogens with one attached hydrogen (secondary N) is 1. The lowest BCUT2D eigenvalue weighted by Gasteiger charge is -2.34. The maximum atomic E-state index is 13.5. The van der Waals surface area contributed by atoms with Crippen LogP contribution >= 0.6 is 11.3 Å². The number of piperazine rings is 1. The zero-order chi connectivity index (χ0) is 22.5. The molecule has 0 aromatic carbocycles. The van der Waals surface area contributed by atoms with Crippen molar-refractivity contribution in [2.24, 2.45) is 0 Å². The first-order chi connectivity index (χ1) is 15.6. The number of carbonyl (C=O) groups is 1. The van der Waals surface area contributed by atoms with Gasteiger partial charge in [-0.1, -0.05) is 13.3 Å². The van der Waals surface area contributed by atoms with Crippen molar-refractivity contribution >= 4 is 27.6 Å². The topological polar surface area (TPSA) is 79.7 Å². The Hall–Kier alpha value is -2.13. The highest BCUT2D eigenvalue weighted by atomic mass is 32.1. The van der Waals surface area contributed by atoms with E-state index in [1.807, 2.05) is 11.8 Å². The molecule has 32 heavy (non-hydrogen) atoms. The lowest BCUT2D eigenvalue weighted by molar-refractivity contribution is 0.135. The number of hydrogen-bond donors (Lipinski definition) is 1. The minimum atomic E-state index is 0.0323. The number of thiophene rings is 1. The number of nitrogens with zero attached hydrogens (tertiary/aromatic N) is 4. The third-order valence-electron chi connectivity index (χ3n) is 6.42. The number of unbranched alkanes of at least 4 members (excludes halogenated alkanes) is 1. The molecular weight excluding hydrogens is 426 g/mol. The predicted octanol–water partition coefficient (Wildman–Crippen LogP) is 2.86. The van der Waals surface area contributed by atoms with Gasteiger partial charge in [0.05, 0.1) is 12.0 Å². The molecule has 1 N–H and O–H groups in total. The number of ether oxygens (including phenoxy) is 1. The lowest BCUT2D eigenvalue weighted by Crippen LogP contribution is -2.52. The van der Waals surface area contributed by atoms with E-state index in [0.717, 1.165) is 68.5 Å². The minimum Gasteiger partial charge on any atom is -0.465 e. The largest absolute Gasteiger partial charge is 0.465 e. The van der Waals surface area contributed by atoms with E-state index in [1.54, 1.807) is 15.9 Å². The maximum Gasteiger partial charge on any atom is 0.317 e. The zero-order valence-corrected chi connectivity index (χ0v) is 20.1. The number of urea groups is 1. The quantitative estimate of drug-likeness (QED) is 0.612. The molecule has 0 bridgehead atoms. The first-order valence-corrected chi connectivity index (χ1v) is 12.9. The molecule has 1 aliphatic carbocycles. The van der Waals surface area contributed by atoms with Gasteiger partial charge in [-0.15, -0.1) is 11.3 Å². The SMILES string of the molecule is CCCCNC(=O)N1CCN(CCn2c(OCC)nc3sc4c(c3c2=O)CCCC4)CC1. The van der Waals surface area contributed by atoms with E-state index in [4.69, 9.17) is 9.72 Å². The Morgan fingerprint density at radius 3 is 2.66 bits per heavy atom. The highest BCUT2D eigenvalue weighted by molar-refractivity contribution is 7.18. The second-order valence-electron chi connectivity index (χ2n) is 8.59. The zero-order valence-electron chi connectivity index (χ0n) is 19.3. The van der Waals surface area contributed by atoms with Crippen molar-refractivity contribution in [3.05, 3.63) is 20.8 Å². The van der Waals surface area contributed by atoms with Crippen LogP contribution in [0, 0.1) is 0 Å². The summed E-state index contributed by atoms with van der Waals surface area (Å²) in [6, 6.07) is 0.461. The van der Waals surface area contributed by atoms with E-state index in [2.05, 4.69) is 17.1 Å². The van der Waals surface area contributed by atoms with Gasteiger partial charge in [0.2, 0.25) is 0 Å². The Balaban J connectivity index is 1.43. The van der Waals surface area contributed by atoms with Crippen LogP contribution in [0.3, 0.4) is 0 Å². The Labute approximate surface area is 193 Å². The van der Waals surface area contributed by atoms with E-state index < -0.39 is 0 Å². The summed E-state index contributed by atoms with van der Waals surface area (Å²) in [6.45, 7) is 9.58. The van der Waals surface area contributed by atoms with Crippen LogP contribution in [0.25, 0.3) is 10.2 Å². The van der Waals surface area contributed by atoms with Crippen LogP contribution in [0.2, 0.25) is 0 Å². The average molecular weight is 462 g/mol. The molecule has 0 spiro atoms. The van der Waals surface area contributed by atoms with Crippen molar-refractivity contribution in [2.75, 3.05) is 45.9 Å². The summed E-state index contributed by atoms with van der Waals surface area (Å²) < 4.78 is 7.49. The monoisotopic (exact) mass is 461 g/mol. The normalized spacial score (nSPS) is 16.9. The van der Waals surface area contributed by atoms with Crippen molar-refractivity contribution in [1.29, 1.82) is 0 Å². The molecule has 2 aromatic rings. The van der Waals surface area contributed by atoms with Gasteiger partial charge in [-0.3, -0.25) is 14.3 Å². The number of rotatable bonds is 8. The highest BCUT2D eigenvalue weighted by Gasteiger charge is 2.24. The molecule has 9 heteroatoms. The van der Waals surface area contributed by atoms with Crippen molar-refractivity contribution in [2.45, 2.75) is 58.9 Å². The fourth-order valence-electron chi connectivity index (χ4n) is 4.56. The van der Waals surface area contributed by atoms with Gasteiger partial charge < -0.3 is 15.0 Å². The Morgan fingerprint density at radius 1 is 1.12 bits per heavy atom. The molecule has 3 heterocycles. The molecule has 8 nitrogen and oxygen atoms in total. The van der Waals surface area contributed by atoms with Gasteiger partial charge in [0.25, 0.3) is 5.56 Å². The van der Waals surface area contributed by atoms with E-state index in [1.165, 1.54) is 16.9 Å². The van der Waals surface area contributed by atoms with Gasteiger partial charge >= 0.3 is 12.0 Å². The number of aromatic nitrogens is 2. The van der Waals surface area contributed by atoms with Gasteiger partial charge in [-0.05, 0) is 44.6 Å². The summed E-state index contributed by atoms with van der Waals surface area (Å²) in [6.07, 6.45) is 6.44. The summed E-state index contributed by atoms with van der Waals surface area (Å²) in [5.41, 5.74) is 1.25. The van der Waals surface area contributed by atoms with Gasteiger partial charge in [0.1, 0.15) is 4.83 Å². The highest BCUT2D eigenvalue weighted by Crippen LogP contribution is 2.34. The van der Waals surface area contributed by atoms with Crippen LogP contribution in [0.4, 0.5) is 4.79 Å². The van der Waals surface area contributed by atoms with E-state index in [9.17, 15) is 9.59 Å². The third kappa shape index (κ3) is 4.93. The summed E-state index contributed by atoms with van der Waals surface area (Å²) in [5.74, 6) is 0. The fraction of sp³-hybridized carbons (Fsp3) is 0.696. The molecule has 4 rings (SSSR count). The van der Waals surface area contributed by atoms with E-state index in [-0.39, 0.29) is 11.6 Å². The first-order valence-electron chi connectivity index (χ1n) is 12.0. The van der Waals surface area contributed by atoms with Crippen LogP contribution in [0.15, 0.2) is 4.79 Å². The molecule has 2 amide bonds. The van der Waals surface area contributed by atoms with Crippen molar-refractivity contribution in [1.82, 2.24) is 24.7 Å². The Kier molecular flexibility index (Phi) is 7.67. The molecule has 2 aliphatic rings. The van der Waals surface area contributed by atoms with Crippen LogP contribution in [-0.4, -0.2) is 71.3 Å². The molecule has 1 saturated heterocycles. The molecule has 0 atom stereocenters. The fourth-order valence-corrected chi connectivity index (χ4v) is 5.80. The lowest BCUT2D eigenvalue weighted by atomic mass is 9.97. The minimum absolute atomic E-state index is 0.0323. The van der Waals surface area contributed by atoms with Crippen LogP contribution in [0.5, 0.6) is 6.01 Å². The molecule has 1 fully saturated rings. The number of hydrogen-bond acceptors (Lipinski definition) is 6. The van der Waals surface area contributed by atoms with Gasteiger partial charge in [0.15, 0.2) is 0 Å². The Bertz CT molecular complexity index is 994. The molecule has 0 saturated carbocycles. The molecule has 1 aliphatic heterocycles. The standard InChI is InChI=1S/C23H35N5O3S/c1-3-5-10-24-22(30)27-14-11-26(12-15-27)13-16-28-21(29)19-17-8-6-7-9-18(17)32-20(19)25-23(28)31-4-2/h3-16H2,1-2H3,(H,24,30). The summed E-state index contributed by atoms with van der Waals surface area (Å²) in [5, 5.41) is 3.80. The number of carbonyl (C=O) groups excluding carboxylic acids is 1. The Morgan fingerprint density at radius 2 is 1.91 bits per heavy atom. The second kappa shape index (κ2) is 10.7. The molecule has 0 unspecified atom stereocenters. The molecule has 0 radical (unpaired) electrons. The number of amides is 2. The van der Waals surface area contributed by atoms with Crippen LogP contribution in [0.1, 0.15) is 50.0 Å². The first kappa shape index (κ1) is 23.0. The van der Waals surface area contributed by atoms with Gasteiger partial charge in [-0.2, -0.15) is 4.98 Å². The van der Waals surface area contributed by atoms with E-state index in [0.29, 0.717) is 32.3 Å². The summed E-state index contributed by atoms with van der Waals surface area (Å²) >= 11 is 1.66. The number of aryl methyl sites for hydroxylation is 2. The molecular formula is C23H35N5O3S. The predicted molar refractivity (Wildman–Crippen MR) is 128 cm³/mol. The van der Waals surface area contributed by atoms with Crippen molar-refractivity contribution in [3.63, 3.8) is 0 Å². The second-order valence-corrected chi connectivity index (χ2v) is 9.67. The molecule has 2 aromatic heterocycles. The number of fused-ring (bicyclic) bond motifs is 3. The van der Waals surface area contributed by atoms with E-state index >= 15 is 0 Å². The van der Waals surface area contributed by atoms with Crippen LogP contribution < -0.4 is 15.6 Å². The van der Waals surface area contributed by atoms with Crippen LogP contribution in [-0.2, 0) is 19.4 Å². The third-order valence-corrected chi connectivity index (χ3v) is 7.60. The van der Waals surface area contributed by atoms with Crippen molar-refractivity contribution < 1.29 is 9.53 Å². The van der Waals surface area contributed by atoms with Crippen molar-refractivity contribution in [3.8, 4) is 6.01 Å². The summed E-state index contributed by atoms with van der Waals surface area (Å²) in [7, 11) is 0. The molecule has 176 valence electrons. The van der Waals surface area contributed by atoms with Gasteiger partial charge in [0, 0.05) is 50.7 Å². The average Bonchev–Trinajstić information content (AvgIpc) is 3.18. The van der Waals surface area contributed by atoms with Gasteiger partial charge in [-0.25, -0.2) is 4.79 Å². The maximum absolute atomic E-state index is 13.5. The smallest absolute Gasteiger partial charge is 0.317 e.